The molecule has 63 valence electrons. The van der Waals surface area contributed by atoms with Crippen LogP contribution in [0.4, 0.5) is 0 Å². The summed E-state index contributed by atoms with van der Waals surface area (Å²) < 4.78 is 0. The first-order valence-corrected chi connectivity index (χ1v) is 4.60. The number of hydrogen-bond donors (Lipinski definition) is 0. The van der Waals surface area contributed by atoms with E-state index in [1.807, 2.05) is 0 Å². The fourth-order valence-corrected chi connectivity index (χ4v) is 0.911. The fraction of sp³-hybridized carbons (Fsp3) is 0.636. The van der Waals surface area contributed by atoms with Crippen molar-refractivity contribution in [3.8, 4) is 0 Å². The molecule has 11 heavy (non-hydrogen) atoms. The number of unbranched alkanes of at least 4 members (excludes halogenated alkanes) is 4. The van der Waals surface area contributed by atoms with Gasteiger partial charge < -0.3 is 0 Å². The molecule has 0 N–H and O–H groups in total. The standard InChI is InChI=1S/C11H19/c1-3-5-7-9-11-10-8-6-4-2/h1,3,10-11H,4-9H2,2H3/b3-1?,11-10+. The first kappa shape index (κ1) is 10.5. The Morgan fingerprint density at radius 2 is 1.64 bits per heavy atom. The molecule has 0 spiro atoms. The molecule has 0 aliphatic heterocycles. The highest BCUT2D eigenvalue weighted by atomic mass is 13.9. The predicted octanol–water partition coefficient (Wildman–Crippen LogP) is 3.89. The zero-order valence-electron chi connectivity index (χ0n) is 7.55. The van der Waals surface area contributed by atoms with Crippen molar-refractivity contribution in [3.05, 3.63) is 24.8 Å². The van der Waals surface area contributed by atoms with E-state index in [1.54, 1.807) is 6.08 Å². The molecule has 0 bridgehead atoms. The van der Waals surface area contributed by atoms with Gasteiger partial charge in [-0.2, -0.15) is 0 Å². The highest BCUT2D eigenvalue weighted by Gasteiger charge is 1.80. The lowest BCUT2D eigenvalue weighted by Crippen LogP contribution is -1.69. The molecule has 1 radical (unpaired) electrons. The van der Waals surface area contributed by atoms with E-state index < -0.39 is 0 Å². The molecule has 0 unspecified atom stereocenters. The van der Waals surface area contributed by atoms with E-state index in [9.17, 15) is 0 Å². The first-order valence-electron chi connectivity index (χ1n) is 4.60. The average Bonchev–Trinajstić information content (AvgIpc) is 2.03. The third kappa shape index (κ3) is 9.48. The van der Waals surface area contributed by atoms with E-state index in [0.717, 1.165) is 6.42 Å². The SMILES string of the molecule is [CH]=CCCC/C=C/CCCC. The second kappa shape index (κ2) is 9.48. The van der Waals surface area contributed by atoms with E-state index in [4.69, 9.17) is 6.58 Å². The molecule has 0 saturated heterocycles. The van der Waals surface area contributed by atoms with E-state index in [1.165, 1.54) is 32.1 Å². The van der Waals surface area contributed by atoms with Crippen molar-refractivity contribution in [3.63, 3.8) is 0 Å². The van der Waals surface area contributed by atoms with Crippen molar-refractivity contribution in [2.24, 2.45) is 0 Å². The van der Waals surface area contributed by atoms with Gasteiger partial charge in [0.1, 0.15) is 0 Å². The van der Waals surface area contributed by atoms with Gasteiger partial charge >= 0.3 is 0 Å². The van der Waals surface area contributed by atoms with Gasteiger partial charge in [-0.3, -0.25) is 0 Å². The molecule has 0 aromatic heterocycles. The van der Waals surface area contributed by atoms with E-state index in [0.29, 0.717) is 0 Å². The number of rotatable bonds is 7. The minimum atomic E-state index is 1.04. The Bertz CT molecular complexity index is 101. The van der Waals surface area contributed by atoms with Gasteiger partial charge in [-0.15, -0.1) is 0 Å². The van der Waals surface area contributed by atoms with Gasteiger partial charge in [0.05, 0.1) is 0 Å². The molecule has 0 fully saturated rings. The quantitative estimate of drug-likeness (QED) is 0.382. The molecule has 0 aromatic carbocycles. The first-order chi connectivity index (χ1) is 5.41. The molecule has 0 aromatic rings. The van der Waals surface area contributed by atoms with Gasteiger partial charge in [0.15, 0.2) is 0 Å². The second-order valence-electron chi connectivity index (χ2n) is 2.78. The molecule has 0 aliphatic rings. The van der Waals surface area contributed by atoms with Gasteiger partial charge in [0.2, 0.25) is 0 Å². The van der Waals surface area contributed by atoms with Crippen LogP contribution in [0.3, 0.4) is 0 Å². The summed E-state index contributed by atoms with van der Waals surface area (Å²) in [4.78, 5) is 0. The fourth-order valence-electron chi connectivity index (χ4n) is 0.911. The zero-order valence-corrected chi connectivity index (χ0v) is 7.55. The maximum atomic E-state index is 5.24. The van der Waals surface area contributed by atoms with Gasteiger partial charge in [-0.05, 0) is 25.7 Å². The van der Waals surface area contributed by atoms with Crippen LogP contribution in [0.2, 0.25) is 0 Å². The Kier molecular flexibility index (Phi) is 9.03. The van der Waals surface area contributed by atoms with Crippen molar-refractivity contribution in [2.75, 3.05) is 0 Å². The minimum absolute atomic E-state index is 1.04. The van der Waals surface area contributed by atoms with Crippen LogP contribution in [0, 0.1) is 6.58 Å². The second-order valence-corrected chi connectivity index (χ2v) is 2.78. The van der Waals surface area contributed by atoms with Crippen LogP contribution in [0.1, 0.15) is 45.4 Å². The summed E-state index contributed by atoms with van der Waals surface area (Å²) in [5.74, 6) is 0. The molecule has 0 nitrogen and oxygen atoms in total. The topological polar surface area (TPSA) is 0 Å². The summed E-state index contributed by atoms with van der Waals surface area (Å²) in [6, 6.07) is 0. The van der Waals surface area contributed by atoms with E-state index in [-0.39, 0.29) is 0 Å². The largest absolute Gasteiger partial charge is 0.0885 e. The summed E-state index contributed by atoms with van der Waals surface area (Å²) in [6.07, 6.45) is 13.5. The number of hydrogen-bond acceptors (Lipinski definition) is 0. The van der Waals surface area contributed by atoms with Gasteiger partial charge in [0, 0.05) is 0 Å². The van der Waals surface area contributed by atoms with Crippen molar-refractivity contribution in [1.29, 1.82) is 0 Å². The third-order valence-electron chi connectivity index (χ3n) is 1.63. The Hall–Kier alpha value is -0.520. The lowest BCUT2D eigenvalue weighted by Gasteiger charge is -1.90. The summed E-state index contributed by atoms with van der Waals surface area (Å²) in [5, 5.41) is 0. The monoisotopic (exact) mass is 151 g/mol. The molecule has 0 atom stereocenters. The molecule has 0 amide bonds. The molecule has 0 saturated carbocycles. The average molecular weight is 151 g/mol. The molecular formula is C11H19. The Morgan fingerprint density at radius 1 is 1.00 bits per heavy atom. The Balaban J connectivity index is 2.97. The molecular weight excluding hydrogens is 132 g/mol. The summed E-state index contributed by atoms with van der Waals surface area (Å²) >= 11 is 0. The molecule has 0 rings (SSSR count). The maximum Gasteiger partial charge on any atom is -0.0345 e. The highest BCUT2D eigenvalue weighted by Crippen LogP contribution is 2.00. The third-order valence-corrected chi connectivity index (χ3v) is 1.63. The molecule has 0 aliphatic carbocycles. The lowest BCUT2D eigenvalue weighted by atomic mass is 10.2. The van der Waals surface area contributed by atoms with Crippen molar-refractivity contribution < 1.29 is 0 Å². The van der Waals surface area contributed by atoms with Crippen LogP contribution in [0.15, 0.2) is 18.2 Å². The van der Waals surface area contributed by atoms with E-state index in [2.05, 4.69) is 19.1 Å². The van der Waals surface area contributed by atoms with Crippen LogP contribution in [0.25, 0.3) is 0 Å². The Morgan fingerprint density at radius 3 is 2.18 bits per heavy atom. The maximum absolute atomic E-state index is 5.24. The van der Waals surface area contributed by atoms with Gasteiger partial charge in [-0.1, -0.05) is 44.6 Å². The number of allylic oxidation sites excluding steroid dienone is 3. The van der Waals surface area contributed by atoms with Crippen LogP contribution in [0.5, 0.6) is 0 Å². The van der Waals surface area contributed by atoms with Crippen LogP contribution < -0.4 is 0 Å². The van der Waals surface area contributed by atoms with Crippen LogP contribution in [-0.4, -0.2) is 0 Å². The summed E-state index contributed by atoms with van der Waals surface area (Å²) in [6.45, 7) is 7.46. The summed E-state index contributed by atoms with van der Waals surface area (Å²) in [5.41, 5.74) is 0. The highest BCUT2D eigenvalue weighted by molar-refractivity contribution is 4.81. The minimum Gasteiger partial charge on any atom is -0.0885 e. The molecule has 0 heterocycles. The van der Waals surface area contributed by atoms with E-state index >= 15 is 0 Å². The van der Waals surface area contributed by atoms with Crippen molar-refractivity contribution in [1.82, 2.24) is 0 Å². The normalized spacial score (nSPS) is 10.6. The Labute approximate surface area is 71.0 Å². The van der Waals surface area contributed by atoms with Crippen molar-refractivity contribution in [2.45, 2.75) is 45.4 Å². The lowest BCUT2D eigenvalue weighted by molar-refractivity contribution is 0.805. The zero-order chi connectivity index (χ0) is 8.36. The van der Waals surface area contributed by atoms with Crippen molar-refractivity contribution >= 4 is 0 Å². The van der Waals surface area contributed by atoms with Gasteiger partial charge in [0.25, 0.3) is 0 Å². The summed E-state index contributed by atoms with van der Waals surface area (Å²) in [7, 11) is 0. The smallest absolute Gasteiger partial charge is 0.0345 e. The van der Waals surface area contributed by atoms with Crippen LogP contribution in [-0.2, 0) is 0 Å². The van der Waals surface area contributed by atoms with Gasteiger partial charge in [-0.25, -0.2) is 0 Å². The predicted molar refractivity (Wildman–Crippen MR) is 51.4 cm³/mol. The molecule has 0 heteroatoms. The van der Waals surface area contributed by atoms with Crippen LogP contribution >= 0.6 is 0 Å².